The van der Waals surface area contributed by atoms with Crippen LogP contribution in [0.4, 0.5) is 0 Å². The maximum atomic E-state index is 3.32. The monoisotopic (exact) mass is 837 g/mol. The molecule has 13 aliphatic rings. The van der Waals surface area contributed by atoms with Crippen molar-refractivity contribution in [2.24, 2.45) is 64.6 Å². The number of hydrogen-bond donors (Lipinski definition) is 0. The zero-order valence-electron chi connectivity index (χ0n) is 38.4. The third-order valence-electron chi connectivity index (χ3n) is 20.5. The molecule has 3 saturated carbocycles. The molecule has 0 radical (unpaired) electrons. The first kappa shape index (κ1) is 39.8. The van der Waals surface area contributed by atoms with E-state index in [0.717, 1.165) is 47.8 Å². The summed E-state index contributed by atoms with van der Waals surface area (Å²) >= 11 is 0. The van der Waals surface area contributed by atoms with Gasteiger partial charge in [0.2, 0.25) is 0 Å². The summed E-state index contributed by atoms with van der Waals surface area (Å²) in [5, 5.41) is 0. The van der Waals surface area contributed by atoms with Crippen molar-refractivity contribution >= 4 is 0 Å². The van der Waals surface area contributed by atoms with Crippen molar-refractivity contribution < 1.29 is 0 Å². The first-order chi connectivity index (χ1) is 31.3. The molecule has 2 heteroatoms. The van der Waals surface area contributed by atoms with E-state index in [0.29, 0.717) is 47.3 Å². The summed E-state index contributed by atoms with van der Waals surface area (Å²) in [6.07, 6.45) is 75.6. The van der Waals surface area contributed by atoms with Crippen molar-refractivity contribution in [3.63, 3.8) is 0 Å². The molecule has 0 saturated heterocycles. The summed E-state index contributed by atoms with van der Waals surface area (Å²) in [6.45, 7) is 0. The number of hydrogen-bond acceptors (Lipinski definition) is 2. The smallest absolute Gasteiger partial charge is 0.0513 e. The van der Waals surface area contributed by atoms with Crippen molar-refractivity contribution in [1.29, 1.82) is 0 Å². The minimum absolute atomic E-state index is 0.327. The van der Waals surface area contributed by atoms with E-state index >= 15 is 0 Å². The summed E-state index contributed by atoms with van der Waals surface area (Å²) < 4.78 is 0. The number of nitrogens with zero attached hydrogens (tertiary/aromatic N) is 2. The Bertz CT molecular complexity index is 2190. The normalized spacial score (nSPS) is 44.0. The van der Waals surface area contributed by atoms with E-state index < -0.39 is 0 Å². The van der Waals surface area contributed by atoms with Gasteiger partial charge in [-0.15, -0.1) is 0 Å². The molecule has 15 unspecified atom stereocenters. The Morgan fingerprint density at radius 3 is 2.32 bits per heavy atom. The van der Waals surface area contributed by atoms with E-state index in [2.05, 4.69) is 119 Å². The highest BCUT2D eigenvalue weighted by Crippen LogP contribution is 2.75. The van der Waals surface area contributed by atoms with E-state index in [1.54, 1.807) is 22.5 Å². The van der Waals surface area contributed by atoms with E-state index in [9.17, 15) is 0 Å². The van der Waals surface area contributed by atoms with E-state index in [1.165, 1.54) is 135 Å². The maximum absolute atomic E-state index is 3.32. The summed E-state index contributed by atoms with van der Waals surface area (Å²) in [5.74, 6) is 7.60. The first-order valence-electron chi connectivity index (χ1n) is 27.0. The molecule has 1 spiro atoms. The average Bonchev–Trinajstić information content (AvgIpc) is 3.83. The van der Waals surface area contributed by atoms with Crippen LogP contribution < -0.4 is 0 Å². The lowest BCUT2D eigenvalue weighted by atomic mass is 9.54. The van der Waals surface area contributed by atoms with Gasteiger partial charge in [0.25, 0.3) is 0 Å². The molecule has 0 bridgehead atoms. The van der Waals surface area contributed by atoms with E-state index in [4.69, 9.17) is 0 Å². The van der Waals surface area contributed by atoms with Crippen LogP contribution >= 0.6 is 0 Å². The van der Waals surface area contributed by atoms with Gasteiger partial charge in [-0.05, 0) is 199 Å². The SMILES string of the molecule is C1=CCCC(N(C2C=CC=CC2)C2C=CC3C4=C(CCC=C4)C4(C3C2)C2CCC=CC2C2C(N(C3=CCCCC3)C3CCC5C6=C(C=CCC6)C6C=CCCC6C5C3)CCCC24)=C1. The fraction of sp³-hybridized carbons (Fsp3) is 0.607. The van der Waals surface area contributed by atoms with Crippen LogP contribution in [0.25, 0.3) is 0 Å². The Morgan fingerprint density at radius 1 is 0.524 bits per heavy atom. The zero-order valence-corrected chi connectivity index (χ0v) is 38.4. The second kappa shape index (κ2) is 16.4. The van der Waals surface area contributed by atoms with Crippen LogP contribution in [0, 0.1) is 64.6 Å². The Labute approximate surface area is 381 Å². The predicted molar refractivity (Wildman–Crippen MR) is 261 cm³/mol. The molecule has 3 fully saturated rings. The average molecular weight is 837 g/mol. The molecule has 13 aliphatic carbocycles. The van der Waals surface area contributed by atoms with Crippen molar-refractivity contribution in [2.45, 2.75) is 165 Å². The molecule has 0 aromatic rings. The fourth-order valence-corrected chi connectivity index (χ4v) is 18.7. The highest BCUT2D eigenvalue weighted by molar-refractivity contribution is 5.50. The lowest BCUT2D eigenvalue weighted by Gasteiger charge is -2.56. The second-order valence-electron chi connectivity index (χ2n) is 22.9. The van der Waals surface area contributed by atoms with Crippen LogP contribution in [0.1, 0.15) is 141 Å². The molecule has 330 valence electrons. The van der Waals surface area contributed by atoms with Crippen LogP contribution in [0.2, 0.25) is 0 Å². The molecule has 0 aromatic carbocycles. The van der Waals surface area contributed by atoms with Gasteiger partial charge in [-0.2, -0.15) is 0 Å². The molecule has 13 rings (SSSR count). The van der Waals surface area contributed by atoms with Gasteiger partial charge < -0.3 is 9.80 Å². The minimum atomic E-state index is 0.327. The van der Waals surface area contributed by atoms with Gasteiger partial charge in [-0.25, -0.2) is 0 Å². The van der Waals surface area contributed by atoms with Crippen molar-refractivity contribution in [3.05, 3.63) is 143 Å². The molecule has 63 heavy (non-hydrogen) atoms. The van der Waals surface area contributed by atoms with Gasteiger partial charge in [-0.1, -0.05) is 121 Å². The van der Waals surface area contributed by atoms with Gasteiger partial charge in [0.15, 0.2) is 0 Å². The van der Waals surface area contributed by atoms with Crippen LogP contribution in [0.3, 0.4) is 0 Å². The van der Waals surface area contributed by atoms with Crippen LogP contribution in [0.15, 0.2) is 143 Å². The number of fused-ring (bicyclic) bond motifs is 14. The minimum Gasteiger partial charge on any atom is -0.369 e. The summed E-state index contributed by atoms with van der Waals surface area (Å²) in [5.41, 5.74) is 11.1. The van der Waals surface area contributed by atoms with Crippen molar-refractivity contribution in [2.75, 3.05) is 0 Å². The molecular weight excluding hydrogens is 761 g/mol. The summed E-state index contributed by atoms with van der Waals surface area (Å²) in [4.78, 5) is 6.25. The number of rotatable bonds is 6. The quantitative estimate of drug-likeness (QED) is 0.246. The maximum Gasteiger partial charge on any atom is 0.0513 e. The van der Waals surface area contributed by atoms with Crippen LogP contribution in [-0.2, 0) is 0 Å². The molecule has 0 N–H and O–H groups in total. The largest absolute Gasteiger partial charge is 0.369 e. The lowest BCUT2D eigenvalue weighted by Crippen LogP contribution is -2.55. The lowest BCUT2D eigenvalue weighted by molar-refractivity contribution is -0.0129. The van der Waals surface area contributed by atoms with Gasteiger partial charge in [0, 0.05) is 46.8 Å². The highest BCUT2D eigenvalue weighted by atomic mass is 15.2. The molecule has 0 aromatic heterocycles. The van der Waals surface area contributed by atoms with Gasteiger partial charge in [0.05, 0.1) is 6.04 Å². The summed E-state index contributed by atoms with van der Waals surface area (Å²) in [6, 6.07) is 2.32. The third kappa shape index (κ3) is 6.27. The van der Waals surface area contributed by atoms with Gasteiger partial charge in [-0.3, -0.25) is 0 Å². The fourth-order valence-electron chi connectivity index (χ4n) is 18.7. The second-order valence-corrected chi connectivity index (χ2v) is 22.9. The topological polar surface area (TPSA) is 6.48 Å². The molecule has 15 atom stereocenters. The Balaban J connectivity index is 0.893. The Kier molecular flexibility index (Phi) is 10.4. The Hall–Kier alpha value is -3.52. The zero-order chi connectivity index (χ0) is 41.5. The standard InChI is InChI=1S/C61H76N2/c1-4-19-41(20-5-1)62(42-21-6-2-7-22-42)45-36-38-52-51-29-14-16-31-55(51)61(58(52)40-45)56-32-17-15-30-53(56)60-57(61)33-18-34-59(60)63(43-23-8-3-9-24-43)44-35-37-50-48-27-11-10-25-46(48)47-26-12-13-28-49(47)54(50)39-44/h1-2,4-6,10,12,14-15,19,21,23,25-26,29-30,36,38,41,44-45,47,49-50,52-54,56-60H,3,7-9,11,13,16-18,20,22,24,27-28,31-35,37,39-40H2. The Morgan fingerprint density at radius 2 is 1.43 bits per heavy atom. The van der Waals surface area contributed by atoms with E-state index in [1.807, 2.05) is 11.1 Å². The number of allylic oxidation sites excluding steroid dienone is 21. The van der Waals surface area contributed by atoms with Crippen molar-refractivity contribution in [1.82, 2.24) is 9.80 Å². The van der Waals surface area contributed by atoms with Crippen molar-refractivity contribution in [3.8, 4) is 0 Å². The molecule has 0 aliphatic heterocycles. The first-order valence-corrected chi connectivity index (χ1v) is 27.0. The predicted octanol–water partition coefficient (Wildman–Crippen LogP) is 14.8. The molecule has 0 heterocycles. The highest BCUT2D eigenvalue weighted by Gasteiger charge is 2.70. The van der Waals surface area contributed by atoms with E-state index in [-0.39, 0.29) is 0 Å². The van der Waals surface area contributed by atoms with Crippen LogP contribution in [-0.4, -0.2) is 34.0 Å². The molecule has 0 amide bonds. The van der Waals surface area contributed by atoms with Crippen LogP contribution in [0.5, 0.6) is 0 Å². The molecule has 2 nitrogen and oxygen atoms in total. The summed E-state index contributed by atoms with van der Waals surface area (Å²) in [7, 11) is 0. The molecular formula is C61H76N2. The van der Waals surface area contributed by atoms with Gasteiger partial charge >= 0.3 is 0 Å². The third-order valence-corrected chi connectivity index (χ3v) is 20.5. The van der Waals surface area contributed by atoms with Gasteiger partial charge in [0.1, 0.15) is 0 Å².